The van der Waals surface area contributed by atoms with Gasteiger partial charge in [0.1, 0.15) is 5.75 Å². The second-order valence-electron chi connectivity index (χ2n) is 3.96. The van der Waals surface area contributed by atoms with Crippen molar-refractivity contribution >= 4 is 5.78 Å². The second kappa shape index (κ2) is 5.15. The van der Waals surface area contributed by atoms with Crippen molar-refractivity contribution in [3.05, 3.63) is 65.2 Å². The van der Waals surface area contributed by atoms with Crippen molar-refractivity contribution in [1.29, 1.82) is 5.26 Å². The van der Waals surface area contributed by atoms with E-state index in [1.807, 2.05) is 6.07 Å². The predicted octanol–water partition coefficient (Wildman–Crippen LogP) is 2.69. The molecule has 0 saturated carbocycles. The number of hydrogen-bond donors (Lipinski definition) is 1. The van der Waals surface area contributed by atoms with Gasteiger partial charge in [0.15, 0.2) is 5.78 Å². The quantitative estimate of drug-likeness (QED) is 0.835. The van der Waals surface area contributed by atoms with Gasteiger partial charge in [-0.3, -0.25) is 4.79 Å². The molecule has 3 heteroatoms. The monoisotopic (exact) mass is 237 g/mol. The van der Waals surface area contributed by atoms with E-state index in [1.54, 1.807) is 36.4 Å². The molecule has 0 radical (unpaired) electrons. The molecule has 0 fully saturated rings. The van der Waals surface area contributed by atoms with Gasteiger partial charge in [-0.1, -0.05) is 12.1 Å². The molecule has 3 nitrogen and oxygen atoms in total. The van der Waals surface area contributed by atoms with Gasteiger partial charge < -0.3 is 5.11 Å². The molecular formula is C15H11NO2. The molecular weight excluding hydrogens is 226 g/mol. The largest absolute Gasteiger partial charge is 0.508 e. The molecule has 0 aliphatic rings. The van der Waals surface area contributed by atoms with Crippen molar-refractivity contribution in [2.45, 2.75) is 6.42 Å². The van der Waals surface area contributed by atoms with E-state index in [2.05, 4.69) is 0 Å². The van der Waals surface area contributed by atoms with Crippen LogP contribution in [0.3, 0.4) is 0 Å². The van der Waals surface area contributed by atoms with Crippen LogP contribution in [-0.2, 0) is 6.42 Å². The van der Waals surface area contributed by atoms with Gasteiger partial charge in [0.25, 0.3) is 0 Å². The fourth-order valence-corrected chi connectivity index (χ4v) is 1.63. The highest BCUT2D eigenvalue weighted by Gasteiger charge is 2.06. The lowest BCUT2D eigenvalue weighted by Crippen LogP contribution is -2.03. The van der Waals surface area contributed by atoms with Crippen molar-refractivity contribution in [2.75, 3.05) is 0 Å². The van der Waals surface area contributed by atoms with Gasteiger partial charge in [-0.25, -0.2) is 0 Å². The lowest BCUT2D eigenvalue weighted by Gasteiger charge is -2.02. The number of phenols is 1. The van der Waals surface area contributed by atoms with Crippen LogP contribution in [0, 0.1) is 11.3 Å². The molecule has 2 rings (SSSR count). The summed E-state index contributed by atoms with van der Waals surface area (Å²) >= 11 is 0. The number of nitrogens with zero attached hydrogens (tertiary/aromatic N) is 1. The maximum absolute atomic E-state index is 11.9. The Hall–Kier alpha value is -2.60. The molecule has 18 heavy (non-hydrogen) atoms. The molecule has 0 spiro atoms. The number of Topliss-reactive ketones (excluding diaryl/α,β-unsaturated/α-hetero) is 1. The average Bonchev–Trinajstić information content (AvgIpc) is 2.40. The number of aromatic hydroxyl groups is 1. The summed E-state index contributed by atoms with van der Waals surface area (Å²) in [5.74, 6) is 0.129. The molecule has 0 atom stereocenters. The van der Waals surface area contributed by atoms with Crippen LogP contribution >= 0.6 is 0 Å². The summed E-state index contributed by atoms with van der Waals surface area (Å²) in [4.78, 5) is 11.9. The van der Waals surface area contributed by atoms with Crippen molar-refractivity contribution in [1.82, 2.24) is 0 Å². The SMILES string of the molecule is N#Cc1ccc(CC(=O)c2ccc(O)cc2)cc1. The summed E-state index contributed by atoms with van der Waals surface area (Å²) in [5, 5.41) is 17.8. The van der Waals surface area contributed by atoms with Gasteiger partial charge >= 0.3 is 0 Å². The Balaban J connectivity index is 2.11. The molecule has 88 valence electrons. The Bertz CT molecular complexity index is 592. The van der Waals surface area contributed by atoms with E-state index in [1.165, 1.54) is 12.1 Å². The Morgan fingerprint density at radius 3 is 2.22 bits per heavy atom. The topological polar surface area (TPSA) is 61.1 Å². The van der Waals surface area contributed by atoms with Crippen molar-refractivity contribution < 1.29 is 9.90 Å². The predicted molar refractivity (Wildman–Crippen MR) is 67.3 cm³/mol. The zero-order chi connectivity index (χ0) is 13.0. The number of phenolic OH excluding ortho intramolecular Hbond substituents is 1. The van der Waals surface area contributed by atoms with Gasteiger partial charge in [0.05, 0.1) is 11.6 Å². The number of carbonyl (C=O) groups is 1. The Morgan fingerprint density at radius 1 is 1.06 bits per heavy atom. The fourth-order valence-electron chi connectivity index (χ4n) is 1.63. The summed E-state index contributed by atoms with van der Waals surface area (Å²) in [6.45, 7) is 0. The third-order valence-corrected chi connectivity index (χ3v) is 2.64. The van der Waals surface area contributed by atoms with E-state index in [9.17, 15) is 4.79 Å². The van der Waals surface area contributed by atoms with Gasteiger partial charge in [-0.15, -0.1) is 0 Å². The molecule has 0 bridgehead atoms. The molecule has 1 N–H and O–H groups in total. The van der Waals surface area contributed by atoms with E-state index < -0.39 is 0 Å². The minimum absolute atomic E-state index is 0.0142. The molecule has 0 saturated heterocycles. The third kappa shape index (κ3) is 2.74. The molecule has 0 unspecified atom stereocenters. The van der Waals surface area contributed by atoms with E-state index in [0.717, 1.165) is 5.56 Å². The number of carbonyl (C=O) groups excluding carboxylic acids is 1. The highest BCUT2D eigenvalue weighted by Crippen LogP contribution is 2.13. The minimum Gasteiger partial charge on any atom is -0.508 e. The fraction of sp³-hybridized carbons (Fsp3) is 0.0667. The summed E-state index contributed by atoms with van der Waals surface area (Å²) in [5.41, 5.74) is 2.01. The van der Waals surface area contributed by atoms with Crippen LogP contribution in [0.2, 0.25) is 0 Å². The molecule has 2 aromatic carbocycles. The number of nitriles is 1. The van der Waals surface area contributed by atoms with Crippen LogP contribution in [0.4, 0.5) is 0 Å². The first-order valence-corrected chi connectivity index (χ1v) is 5.50. The second-order valence-corrected chi connectivity index (χ2v) is 3.96. The minimum atomic E-state index is -0.0142. The van der Waals surface area contributed by atoms with Crippen LogP contribution in [0.5, 0.6) is 5.75 Å². The van der Waals surface area contributed by atoms with E-state index in [-0.39, 0.29) is 18.0 Å². The zero-order valence-electron chi connectivity index (χ0n) is 9.63. The van der Waals surface area contributed by atoms with Gasteiger partial charge in [-0.2, -0.15) is 5.26 Å². The smallest absolute Gasteiger partial charge is 0.167 e. The number of ketones is 1. The van der Waals surface area contributed by atoms with Crippen LogP contribution in [0.25, 0.3) is 0 Å². The van der Waals surface area contributed by atoms with Crippen LogP contribution in [-0.4, -0.2) is 10.9 Å². The van der Waals surface area contributed by atoms with Crippen molar-refractivity contribution in [3.8, 4) is 11.8 Å². The van der Waals surface area contributed by atoms with Gasteiger partial charge in [0, 0.05) is 12.0 Å². The summed E-state index contributed by atoms with van der Waals surface area (Å²) in [7, 11) is 0. The maximum Gasteiger partial charge on any atom is 0.167 e. The van der Waals surface area contributed by atoms with Crippen LogP contribution in [0.1, 0.15) is 21.5 Å². The number of benzene rings is 2. The lowest BCUT2D eigenvalue weighted by atomic mass is 10.0. The zero-order valence-corrected chi connectivity index (χ0v) is 9.63. The molecule has 0 aliphatic heterocycles. The van der Waals surface area contributed by atoms with Crippen LogP contribution in [0.15, 0.2) is 48.5 Å². The Morgan fingerprint density at radius 2 is 1.67 bits per heavy atom. The lowest BCUT2D eigenvalue weighted by molar-refractivity contribution is 0.0993. The molecule has 0 heterocycles. The summed E-state index contributed by atoms with van der Waals surface area (Å²) in [6.07, 6.45) is 0.288. The Kier molecular flexibility index (Phi) is 3.40. The first-order valence-electron chi connectivity index (χ1n) is 5.50. The molecule has 0 aliphatic carbocycles. The summed E-state index contributed by atoms with van der Waals surface area (Å²) in [6, 6.07) is 15.2. The average molecular weight is 237 g/mol. The van der Waals surface area contributed by atoms with E-state index >= 15 is 0 Å². The molecule has 2 aromatic rings. The number of hydrogen-bond acceptors (Lipinski definition) is 3. The van der Waals surface area contributed by atoms with E-state index in [0.29, 0.717) is 11.1 Å². The normalized spacial score (nSPS) is 9.72. The van der Waals surface area contributed by atoms with Crippen molar-refractivity contribution in [3.63, 3.8) is 0 Å². The standard InChI is InChI=1S/C15H11NO2/c16-10-12-3-1-11(2-4-12)9-15(18)13-5-7-14(17)8-6-13/h1-8,17H,9H2. The first-order chi connectivity index (χ1) is 8.69. The maximum atomic E-state index is 11.9. The highest BCUT2D eigenvalue weighted by atomic mass is 16.3. The van der Waals surface area contributed by atoms with Gasteiger partial charge in [0.2, 0.25) is 0 Å². The first kappa shape index (κ1) is 11.9. The molecule has 0 amide bonds. The highest BCUT2D eigenvalue weighted by molar-refractivity contribution is 5.97. The number of rotatable bonds is 3. The van der Waals surface area contributed by atoms with Crippen molar-refractivity contribution in [2.24, 2.45) is 0 Å². The van der Waals surface area contributed by atoms with Crippen LogP contribution < -0.4 is 0 Å². The van der Waals surface area contributed by atoms with E-state index in [4.69, 9.17) is 10.4 Å². The van der Waals surface area contributed by atoms with Gasteiger partial charge in [-0.05, 0) is 42.0 Å². The summed E-state index contributed by atoms with van der Waals surface area (Å²) < 4.78 is 0. The third-order valence-electron chi connectivity index (χ3n) is 2.64. The molecule has 0 aromatic heterocycles. The Labute approximate surface area is 105 Å².